The van der Waals surface area contributed by atoms with Crippen LogP contribution in [0.15, 0.2) is 30.3 Å². The first-order valence-electron chi connectivity index (χ1n) is 5.52. The van der Waals surface area contributed by atoms with Gasteiger partial charge in [-0.25, -0.2) is 0 Å². The number of halogens is 3. The number of benzene rings is 1. The fourth-order valence-corrected chi connectivity index (χ4v) is 1.43. The van der Waals surface area contributed by atoms with Crippen molar-refractivity contribution < 1.29 is 27.9 Å². The van der Waals surface area contributed by atoms with Crippen molar-refractivity contribution in [1.29, 1.82) is 0 Å². The zero-order chi connectivity index (χ0) is 15.6. The van der Waals surface area contributed by atoms with Crippen LogP contribution in [0.2, 0.25) is 0 Å². The molecule has 0 aliphatic carbocycles. The molecule has 0 aliphatic heterocycles. The molecule has 0 saturated heterocycles. The van der Waals surface area contributed by atoms with Crippen LogP contribution >= 0.6 is 0 Å². The summed E-state index contributed by atoms with van der Waals surface area (Å²) in [6.07, 6.45) is -4.99. The van der Waals surface area contributed by atoms with E-state index in [9.17, 15) is 22.8 Å². The molecule has 3 N–H and O–H groups in total. The maximum absolute atomic E-state index is 12.8. The monoisotopic (exact) mass is 290 g/mol. The van der Waals surface area contributed by atoms with Crippen LogP contribution in [0.4, 0.5) is 18.9 Å². The molecule has 1 aromatic carbocycles. The topological polar surface area (TPSA) is 83.6 Å². The van der Waals surface area contributed by atoms with E-state index in [1.807, 2.05) is 0 Å². The van der Waals surface area contributed by atoms with Gasteiger partial charge in [0.1, 0.15) is 6.54 Å². The molecule has 0 aliphatic rings. The summed E-state index contributed by atoms with van der Waals surface area (Å²) in [5.41, 5.74) is 1.90. The third-order valence-electron chi connectivity index (χ3n) is 2.64. The number of aliphatic carboxylic acids is 1. The van der Waals surface area contributed by atoms with Crippen molar-refractivity contribution in [2.45, 2.75) is 18.6 Å². The lowest BCUT2D eigenvalue weighted by Crippen LogP contribution is -2.63. The van der Waals surface area contributed by atoms with Gasteiger partial charge in [-0.2, -0.15) is 13.2 Å². The molecule has 0 bridgehead atoms. The lowest BCUT2D eigenvalue weighted by molar-refractivity contribution is -0.186. The number of carbonyl (C=O) groups is 2. The molecular weight excluding hydrogens is 277 g/mol. The Balaban J connectivity index is 3.19. The predicted molar refractivity (Wildman–Crippen MR) is 65.1 cm³/mol. The molecule has 1 aromatic rings. The second kappa shape index (κ2) is 5.49. The zero-order valence-electron chi connectivity index (χ0n) is 10.5. The van der Waals surface area contributed by atoms with Crippen LogP contribution in [0.1, 0.15) is 6.92 Å². The van der Waals surface area contributed by atoms with Gasteiger partial charge < -0.3 is 10.8 Å². The smallest absolute Gasteiger partial charge is 0.415 e. The fourth-order valence-electron chi connectivity index (χ4n) is 1.43. The van der Waals surface area contributed by atoms with Crippen molar-refractivity contribution in [2.75, 3.05) is 11.4 Å². The number of carboxylic acid groups (broad SMARTS) is 1. The van der Waals surface area contributed by atoms with Crippen molar-refractivity contribution >= 4 is 17.6 Å². The van der Waals surface area contributed by atoms with Gasteiger partial charge >= 0.3 is 12.1 Å². The van der Waals surface area contributed by atoms with Crippen LogP contribution in [-0.4, -0.2) is 35.2 Å². The van der Waals surface area contributed by atoms with Crippen molar-refractivity contribution in [3.8, 4) is 0 Å². The van der Waals surface area contributed by atoms with E-state index >= 15 is 0 Å². The van der Waals surface area contributed by atoms with E-state index in [-0.39, 0.29) is 5.69 Å². The van der Waals surface area contributed by atoms with E-state index in [1.54, 1.807) is 6.07 Å². The summed E-state index contributed by atoms with van der Waals surface area (Å²) in [5, 5.41) is 8.75. The average molecular weight is 290 g/mol. The fraction of sp³-hybridized carbons (Fsp3) is 0.333. The molecule has 1 rings (SSSR count). The highest BCUT2D eigenvalue weighted by molar-refractivity contribution is 6.03. The van der Waals surface area contributed by atoms with Gasteiger partial charge in [0, 0.05) is 5.69 Å². The molecule has 20 heavy (non-hydrogen) atoms. The number of hydrogen-bond donors (Lipinski definition) is 2. The number of hydrogen-bond acceptors (Lipinski definition) is 3. The van der Waals surface area contributed by atoms with Gasteiger partial charge in [-0.3, -0.25) is 14.5 Å². The standard InChI is InChI=1S/C12H13F3N2O3/c1-11(16,12(13,14)15)10(20)17(7-9(18)19)8-5-3-2-4-6-8/h2-6H,7,16H2,1H3,(H,18,19). The van der Waals surface area contributed by atoms with Gasteiger partial charge in [0.05, 0.1) is 0 Å². The summed E-state index contributed by atoms with van der Waals surface area (Å²) in [6.45, 7) is -0.404. The summed E-state index contributed by atoms with van der Waals surface area (Å²) in [5.74, 6) is -2.97. The first kappa shape index (κ1) is 16.0. The second-order valence-corrected chi connectivity index (χ2v) is 4.32. The highest BCUT2D eigenvalue weighted by Crippen LogP contribution is 2.31. The Morgan fingerprint density at radius 1 is 1.25 bits per heavy atom. The number of para-hydroxylation sites is 1. The van der Waals surface area contributed by atoms with Crippen molar-refractivity contribution in [2.24, 2.45) is 5.73 Å². The summed E-state index contributed by atoms with van der Waals surface area (Å²) >= 11 is 0. The maximum atomic E-state index is 12.8. The van der Waals surface area contributed by atoms with Crippen LogP contribution < -0.4 is 10.6 Å². The maximum Gasteiger partial charge on any atom is 0.415 e. The lowest BCUT2D eigenvalue weighted by Gasteiger charge is -2.32. The molecule has 0 fully saturated rings. The highest BCUT2D eigenvalue weighted by Gasteiger charge is 2.55. The molecule has 0 heterocycles. The molecule has 0 radical (unpaired) electrons. The van der Waals surface area contributed by atoms with Crippen LogP contribution in [0.5, 0.6) is 0 Å². The Kier molecular flexibility index (Phi) is 4.39. The molecule has 0 saturated carbocycles. The zero-order valence-corrected chi connectivity index (χ0v) is 10.5. The number of nitrogens with two attached hydrogens (primary N) is 1. The Hall–Kier alpha value is -2.09. The van der Waals surface area contributed by atoms with Crippen LogP contribution in [0.3, 0.4) is 0 Å². The third kappa shape index (κ3) is 3.27. The van der Waals surface area contributed by atoms with E-state index < -0.39 is 30.1 Å². The van der Waals surface area contributed by atoms with Gasteiger partial charge in [-0.1, -0.05) is 18.2 Å². The summed E-state index contributed by atoms with van der Waals surface area (Å²) < 4.78 is 38.3. The molecule has 5 nitrogen and oxygen atoms in total. The number of carboxylic acids is 1. The Morgan fingerprint density at radius 2 is 1.75 bits per heavy atom. The number of carbonyl (C=O) groups excluding carboxylic acids is 1. The first-order chi connectivity index (χ1) is 9.07. The Morgan fingerprint density at radius 3 is 2.15 bits per heavy atom. The average Bonchev–Trinajstić information content (AvgIpc) is 2.34. The highest BCUT2D eigenvalue weighted by atomic mass is 19.4. The molecule has 1 amide bonds. The van der Waals surface area contributed by atoms with Crippen molar-refractivity contribution in [3.05, 3.63) is 30.3 Å². The Bertz CT molecular complexity index is 500. The molecular formula is C12H13F3N2O3. The second-order valence-electron chi connectivity index (χ2n) is 4.32. The molecule has 1 atom stereocenters. The van der Waals surface area contributed by atoms with Crippen molar-refractivity contribution in [3.63, 3.8) is 0 Å². The van der Waals surface area contributed by atoms with Crippen LogP contribution in [0, 0.1) is 0 Å². The van der Waals surface area contributed by atoms with Gasteiger partial charge in [0.25, 0.3) is 5.91 Å². The van der Waals surface area contributed by atoms with Gasteiger partial charge in [-0.05, 0) is 19.1 Å². The van der Waals surface area contributed by atoms with E-state index in [2.05, 4.69) is 0 Å². The van der Waals surface area contributed by atoms with E-state index in [4.69, 9.17) is 10.8 Å². The predicted octanol–water partition coefficient (Wildman–Crippen LogP) is 1.38. The minimum absolute atomic E-state index is 0.0285. The number of anilines is 1. The summed E-state index contributed by atoms with van der Waals surface area (Å²) in [7, 11) is 0. The molecule has 1 unspecified atom stereocenters. The summed E-state index contributed by atoms with van der Waals surface area (Å²) in [6, 6.07) is 7.18. The van der Waals surface area contributed by atoms with E-state index in [1.165, 1.54) is 24.3 Å². The largest absolute Gasteiger partial charge is 0.480 e. The van der Waals surface area contributed by atoms with E-state index in [0.717, 1.165) is 0 Å². The number of amides is 1. The molecule has 8 heteroatoms. The van der Waals surface area contributed by atoms with Crippen molar-refractivity contribution in [1.82, 2.24) is 0 Å². The Labute approximate surface area is 112 Å². The number of rotatable bonds is 4. The summed E-state index contributed by atoms with van der Waals surface area (Å²) in [4.78, 5) is 23.2. The van der Waals surface area contributed by atoms with Gasteiger partial charge in [-0.15, -0.1) is 0 Å². The SMILES string of the molecule is CC(N)(C(=O)N(CC(=O)O)c1ccccc1)C(F)(F)F. The molecule has 0 spiro atoms. The third-order valence-corrected chi connectivity index (χ3v) is 2.64. The van der Waals surface area contributed by atoms with Crippen LogP contribution in [-0.2, 0) is 9.59 Å². The van der Waals surface area contributed by atoms with E-state index in [0.29, 0.717) is 11.8 Å². The normalized spacial score (nSPS) is 14.4. The minimum atomic E-state index is -4.99. The van der Waals surface area contributed by atoms with Crippen LogP contribution in [0.25, 0.3) is 0 Å². The van der Waals surface area contributed by atoms with Gasteiger partial charge in [0.2, 0.25) is 0 Å². The van der Waals surface area contributed by atoms with Gasteiger partial charge in [0.15, 0.2) is 5.54 Å². The first-order valence-corrected chi connectivity index (χ1v) is 5.52. The lowest BCUT2D eigenvalue weighted by atomic mass is 10.0. The minimum Gasteiger partial charge on any atom is -0.480 e. The molecule has 110 valence electrons. The number of alkyl halides is 3. The quantitative estimate of drug-likeness (QED) is 0.877. The number of nitrogens with zero attached hydrogens (tertiary/aromatic N) is 1. The molecule has 0 aromatic heterocycles.